The third kappa shape index (κ3) is 7.66. The summed E-state index contributed by atoms with van der Waals surface area (Å²) < 4.78 is 5.37. The monoisotopic (exact) mass is 272 g/mol. The summed E-state index contributed by atoms with van der Waals surface area (Å²) in [6.45, 7) is 5.45. The van der Waals surface area contributed by atoms with Gasteiger partial charge in [-0.3, -0.25) is 0 Å². The van der Waals surface area contributed by atoms with Gasteiger partial charge in [0, 0.05) is 13.2 Å². The Bertz CT molecular complexity index is 303. The minimum absolute atomic E-state index is 0.211. The lowest BCUT2D eigenvalue weighted by molar-refractivity contribution is -0.139. The summed E-state index contributed by atoms with van der Waals surface area (Å²) in [6.07, 6.45) is 2.90. The minimum Gasteiger partial charge on any atom is -0.480 e. The van der Waals surface area contributed by atoms with Crippen LogP contribution in [0.5, 0.6) is 0 Å². The van der Waals surface area contributed by atoms with Crippen molar-refractivity contribution in [3.8, 4) is 0 Å². The average molecular weight is 272 g/mol. The number of nitrogens with one attached hydrogen (secondary N) is 2. The van der Waals surface area contributed by atoms with Crippen molar-refractivity contribution in [2.75, 3.05) is 19.8 Å². The highest BCUT2D eigenvalue weighted by atomic mass is 16.5. The van der Waals surface area contributed by atoms with Crippen LogP contribution in [0, 0.1) is 11.8 Å². The number of hydrogen-bond acceptors (Lipinski definition) is 3. The fraction of sp³-hybridized carbons (Fsp3) is 0.846. The molecule has 0 aliphatic heterocycles. The lowest BCUT2D eigenvalue weighted by Crippen LogP contribution is -2.47. The predicted octanol–water partition coefficient (Wildman–Crippen LogP) is 1.21. The van der Waals surface area contributed by atoms with E-state index in [9.17, 15) is 9.59 Å². The number of rotatable bonds is 9. The van der Waals surface area contributed by atoms with Gasteiger partial charge in [0.05, 0.1) is 6.61 Å². The third-order valence-electron chi connectivity index (χ3n) is 2.89. The number of carbonyl (C=O) groups excluding carboxylic acids is 1. The van der Waals surface area contributed by atoms with Gasteiger partial charge in [0.25, 0.3) is 0 Å². The molecule has 1 rings (SSSR count). The first kappa shape index (κ1) is 15.8. The normalized spacial score (nSPS) is 16.2. The van der Waals surface area contributed by atoms with Crippen LogP contribution in [0.25, 0.3) is 0 Å². The summed E-state index contributed by atoms with van der Waals surface area (Å²) in [7, 11) is 0. The summed E-state index contributed by atoms with van der Waals surface area (Å²) in [5.74, 6) is -0.0895. The number of urea groups is 1. The fourth-order valence-electron chi connectivity index (χ4n) is 1.67. The van der Waals surface area contributed by atoms with Crippen LogP contribution in [-0.2, 0) is 9.53 Å². The van der Waals surface area contributed by atoms with Crippen LogP contribution < -0.4 is 10.6 Å². The van der Waals surface area contributed by atoms with Crippen LogP contribution in [0.4, 0.5) is 4.79 Å². The molecular weight excluding hydrogens is 248 g/mol. The molecule has 0 aromatic heterocycles. The van der Waals surface area contributed by atoms with Crippen LogP contribution in [0.2, 0.25) is 0 Å². The zero-order valence-electron chi connectivity index (χ0n) is 11.6. The first-order valence-electron chi connectivity index (χ1n) is 6.84. The van der Waals surface area contributed by atoms with E-state index in [2.05, 4.69) is 10.6 Å². The molecule has 0 saturated heterocycles. The molecule has 0 heterocycles. The Labute approximate surface area is 113 Å². The van der Waals surface area contributed by atoms with E-state index in [1.54, 1.807) is 0 Å². The smallest absolute Gasteiger partial charge is 0.326 e. The van der Waals surface area contributed by atoms with Crippen molar-refractivity contribution in [1.82, 2.24) is 10.6 Å². The summed E-state index contributed by atoms with van der Waals surface area (Å²) in [5, 5.41) is 14.0. The molecule has 0 unspecified atom stereocenters. The molecule has 19 heavy (non-hydrogen) atoms. The molecule has 1 saturated carbocycles. The van der Waals surface area contributed by atoms with E-state index in [0.29, 0.717) is 25.5 Å². The quantitative estimate of drug-likeness (QED) is 0.551. The molecule has 1 atom stereocenters. The van der Waals surface area contributed by atoms with Gasteiger partial charge in [-0.05, 0) is 31.1 Å². The number of carboxylic acids is 1. The van der Waals surface area contributed by atoms with Crippen LogP contribution in [0.15, 0.2) is 0 Å². The molecular formula is C13H24N2O4. The number of carbonyl (C=O) groups is 2. The standard InChI is InChI=1S/C13H24N2O4/c1-9(2)7-11(12(16)17)15-13(18)14-5-6-19-8-10-3-4-10/h9-11H,3-8H2,1-2H3,(H,16,17)(H2,14,15,18)/t11-/m1/s1. The fourth-order valence-corrected chi connectivity index (χ4v) is 1.67. The van der Waals surface area contributed by atoms with Crippen molar-refractivity contribution in [3.05, 3.63) is 0 Å². The Balaban J connectivity index is 2.10. The van der Waals surface area contributed by atoms with Crippen LogP contribution in [0.3, 0.4) is 0 Å². The maximum Gasteiger partial charge on any atom is 0.326 e. The van der Waals surface area contributed by atoms with Gasteiger partial charge >= 0.3 is 12.0 Å². The lowest BCUT2D eigenvalue weighted by Gasteiger charge is -2.16. The molecule has 1 fully saturated rings. The van der Waals surface area contributed by atoms with Gasteiger partial charge in [-0.2, -0.15) is 0 Å². The molecule has 6 nitrogen and oxygen atoms in total. The number of carboxylic acid groups (broad SMARTS) is 1. The highest BCUT2D eigenvalue weighted by Crippen LogP contribution is 2.28. The summed E-state index contributed by atoms with van der Waals surface area (Å²) in [6, 6.07) is -1.30. The van der Waals surface area contributed by atoms with Crippen molar-refractivity contribution in [2.45, 2.75) is 39.2 Å². The largest absolute Gasteiger partial charge is 0.480 e. The Hall–Kier alpha value is -1.30. The zero-order valence-corrected chi connectivity index (χ0v) is 11.6. The van der Waals surface area contributed by atoms with Gasteiger partial charge in [0.2, 0.25) is 0 Å². The molecule has 1 aliphatic carbocycles. The lowest BCUT2D eigenvalue weighted by atomic mass is 10.0. The molecule has 3 N–H and O–H groups in total. The number of amides is 2. The Morgan fingerprint density at radius 1 is 1.37 bits per heavy atom. The van der Waals surface area contributed by atoms with Crippen LogP contribution in [0.1, 0.15) is 33.1 Å². The molecule has 0 radical (unpaired) electrons. The molecule has 0 spiro atoms. The number of hydrogen-bond donors (Lipinski definition) is 3. The summed E-state index contributed by atoms with van der Waals surface area (Å²) in [5.41, 5.74) is 0. The Morgan fingerprint density at radius 2 is 2.05 bits per heavy atom. The van der Waals surface area contributed by atoms with E-state index in [1.165, 1.54) is 12.8 Å². The van der Waals surface area contributed by atoms with Crippen molar-refractivity contribution in [1.29, 1.82) is 0 Å². The second kappa shape index (κ2) is 7.99. The third-order valence-corrected chi connectivity index (χ3v) is 2.89. The molecule has 110 valence electrons. The average Bonchev–Trinajstić information content (AvgIpc) is 3.11. The molecule has 6 heteroatoms. The van der Waals surface area contributed by atoms with Gasteiger partial charge in [-0.15, -0.1) is 0 Å². The Kier molecular flexibility index (Phi) is 6.62. The molecule has 0 bridgehead atoms. The summed E-state index contributed by atoms with van der Waals surface area (Å²) >= 11 is 0. The first-order chi connectivity index (χ1) is 8.99. The van der Waals surface area contributed by atoms with Crippen molar-refractivity contribution in [2.24, 2.45) is 11.8 Å². The van der Waals surface area contributed by atoms with E-state index in [1.807, 2.05) is 13.8 Å². The number of ether oxygens (including phenoxy) is 1. The van der Waals surface area contributed by atoms with Gasteiger partial charge in [0.1, 0.15) is 6.04 Å². The second-order valence-corrected chi connectivity index (χ2v) is 5.44. The van der Waals surface area contributed by atoms with E-state index in [0.717, 1.165) is 6.61 Å². The Morgan fingerprint density at radius 3 is 2.58 bits per heavy atom. The maximum absolute atomic E-state index is 11.5. The second-order valence-electron chi connectivity index (χ2n) is 5.44. The number of aliphatic carboxylic acids is 1. The van der Waals surface area contributed by atoms with Gasteiger partial charge in [-0.25, -0.2) is 9.59 Å². The minimum atomic E-state index is -1.01. The SMILES string of the molecule is CC(C)C[C@@H](NC(=O)NCCOCC1CC1)C(=O)O. The molecule has 0 aromatic rings. The van der Waals surface area contributed by atoms with E-state index in [-0.39, 0.29) is 5.92 Å². The summed E-state index contributed by atoms with van der Waals surface area (Å²) in [4.78, 5) is 22.5. The van der Waals surface area contributed by atoms with Gasteiger partial charge < -0.3 is 20.5 Å². The van der Waals surface area contributed by atoms with E-state index >= 15 is 0 Å². The van der Waals surface area contributed by atoms with Crippen LogP contribution in [-0.4, -0.2) is 42.9 Å². The van der Waals surface area contributed by atoms with Crippen molar-refractivity contribution < 1.29 is 19.4 Å². The zero-order chi connectivity index (χ0) is 14.3. The van der Waals surface area contributed by atoms with Crippen molar-refractivity contribution >= 4 is 12.0 Å². The van der Waals surface area contributed by atoms with E-state index in [4.69, 9.17) is 9.84 Å². The highest BCUT2D eigenvalue weighted by Gasteiger charge is 2.22. The topological polar surface area (TPSA) is 87.7 Å². The highest BCUT2D eigenvalue weighted by molar-refractivity contribution is 5.82. The molecule has 2 amide bonds. The maximum atomic E-state index is 11.5. The van der Waals surface area contributed by atoms with Crippen LogP contribution >= 0.6 is 0 Å². The first-order valence-corrected chi connectivity index (χ1v) is 6.84. The molecule has 1 aliphatic rings. The van der Waals surface area contributed by atoms with Crippen molar-refractivity contribution in [3.63, 3.8) is 0 Å². The molecule has 0 aromatic carbocycles. The van der Waals surface area contributed by atoms with Gasteiger partial charge in [-0.1, -0.05) is 13.8 Å². The predicted molar refractivity (Wildman–Crippen MR) is 71.0 cm³/mol. The van der Waals surface area contributed by atoms with Gasteiger partial charge in [0.15, 0.2) is 0 Å². The van der Waals surface area contributed by atoms with E-state index < -0.39 is 18.0 Å².